The molecular formula is C10H21N. The van der Waals surface area contributed by atoms with Crippen LogP contribution in [-0.2, 0) is 0 Å². The van der Waals surface area contributed by atoms with Crippen LogP contribution in [0.5, 0.6) is 0 Å². The summed E-state index contributed by atoms with van der Waals surface area (Å²) in [6.07, 6.45) is 5.77. The van der Waals surface area contributed by atoms with Crippen molar-refractivity contribution < 1.29 is 0 Å². The molecule has 1 N–H and O–H groups in total. The first-order valence-electron chi connectivity index (χ1n) is 4.89. The summed E-state index contributed by atoms with van der Waals surface area (Å²) >= 11 is 0. The zero-order valence-electron chi connectivity index (χ0n) is 8.06. The highest BCUT2D eigenvalue weighted by Gasteiger charge is 2.22. The maximum Gasteiger partial charge on any atom is 0.00383 e. The third kappa shape index (κ3) is 2.82. The third-order valence-electron chi connectivity index (χ3n) is 2.98. The van der Waals surface area contributed by atoms with Crippen molar-refractivity contribution >= 4 is 0 Å². The Morgan fingerprint density at radius 3 is 2.64 bits per heavy atom. The van der Waals surface area contributed by atoms with E-state index < -0.39 is 0 Å². The SMILES string of the molecule is CNC(C)C[C@@H]1CC[C@@H](C)C1. The van der Waals surface area contributed by atoms with Gasteiger partial charge in [-0.05, 0) is 38.6 Å². The van der Waals surface area contributed by atoms with Gasteiger partial charge in [0.2, 0.25) is 0 Å². The molecule has 11 heavy (non-hydrogen) atoms. The predicted molar refractivity (Wildman–Crippen MR) is 49.6 cm³/mol. The second-order valence-corrected chi connectivity index (χ2v) is 4.21. The van der Waals surface area contributed by atoms with E-state index in [1.54, 1.807) is 0 Å². The van der Waals surface area contributed by atoms with Crippen LogP contribution in [0.1, 0.15) is 39.5 Å². The van der Waals surface area contributed by atoms with E-state index in [1.807, 2.05) is 0 Å². The lowest BCUT2D eigenvalue weighted by Gasteiger charge is -2.15. The average molecular weight is 155 g/mol. The van der Waals surface area contributed by atoms with E-state index in [9.17, 15) is 0 Å². The molecule has 0 radical (unpaired) electrons. The highest BCUT2D eigenvalue weighted by molar-refractivity contribution is 4.75. The van der Waals surface area contributed by atoms with E-state index in [-0.39, 0.29) is 0 Å². The molecule has 1 nitrogen and oxygen atoms in total. The Balaban J connectivity index is 2.17. The Bertz CT molecular complexity index is 111. The molecule has 0 aromatic rings. The number of rotatable bonds is 3. The minimum absolute atomic E-state index is 0.713. The summed E-state index contributed by atoms with van der Waals surface area (Å²) in [7, 11) is 2.06. The van der Waals surface area contributed by atoms with Crippen LogP contribution < -0.4 is 5.32 Å². The van der Waals surface area contributed by atoms with Crippen molar-refractivity contribution in [3.05, 3.63) is 0 Å². The second kappa shape index (κ2) is 4.10. The van der Waals surface area contributed by atoms with E-state index in [0.29, 0.717) is 6.04 Å². The van der Waals surface area contributed by atoms with Gasteiger partial charge in [0.1, 0.15) is 0 Å². The van der Waals surface area contributed by atoms with Crippen molar-refractivity contribution in [1.29, 1.82) is 0 Å². The van der Waals surface area contributed by atoms with Crippen molar-refractivity contribution in [2.45, 2.75) is 45.6 Å². The fourth-order valence-electron chi connectivity index (χ4n) is 2.16. The summed E-state index contributed by atoms with van der Waals surface area (Å²) in [5.41, 5.74) is 0. The second-order valence-electron chi connectivity index (χ2n) is 4.21. The molecule has 1 rings (SSSR count). The lowest BCUT2D eigenvalue weighted by atomic mass is 9.98. The molecule has 1 aliphatic carbocycles. The number of hydrogen-bond donors (Lipinski definition) is 1. The summed E-state index contributed by atoms with van der Waals surface area (Å²) in [5, 5.41) is 3.31. The van der Waals surface area contributed by atoms with Gasteiger partial charge >= 0.3 is 0 Å². The fraction of sp³-hybridized carbons (Fsp3) is 1.00. The van der Waals surface area contributed by atoms with Crippen LogP contribution in [0.4, 0.5) is 0 Å². The van der Waals surface area contributed by atoms with E-state index >= 15 is 0 Å². The first kappa shape index (κ1) is 9.05. The van der Waals surface area contributed by atoms with Gasteiger partial charge in [-0.1, -0.05) is 19.8 Å². The molecule has 66 valence electrons. The van der Waals surface area contributed by atoms with Gasteiger partial charge < -0.3 is 5.32 Å². The highest BCUT2D eigenvalue weighted by atomic mass is 14.8. The Morgan fingerprint density at radius 2 is 2.18 bits per heavy atom. The van der Waals surface area contributed by atoms with Gasteiger partial charge in [-0.25, -0.2) is 0 Å². The molecule has 0 amide bonds. The van der Waals surface area contributed by atoms with E-state index in [4.69, 9.17) is 0 Å². The summed E-state index contributed by atoms with van der Waals surface area (Å²) in [4.78, 5) is 0. The zero-order valence-corrected chi connectivity index (χ0v) is 8.06. The summed E-state index contributed by atoms with van der Waals surface area (Å²) in [6, 6.07) is 0.713. The Morgan fingerprint density at radius 1 is 1.45 bits per heavy atom. The maximum absolute atomic E-state index is 3.31. The lowest BCUT2D eigenvalue weighted by molar-refractivity contribution is 0.412. The first-order valence-corrected chi connectivity index (χ1v) is 4.89. The molecule has 0 bridgehead atoms. The zero-order chi connectivity index (χ0) is 8.27. The van der Waals surface area contributed by atoms with Crippen LogP contribution in [-0.4, -0.2) is 13.1 Å². The maximum atomic E-state index is 3.31. The molecule has 1 unspecified atom stereocenters. The number of hydrogen-bond acceptors (Lipinski definition) is 1. The van der Waals surface area contributed by atoms with Gasteiger partial charge in [0.25, 0.3) is 0 Å². The van der Waals surface area contributed by atoms with Gasteiger partial charge in [0, 0.05) is 6.04 Å². The molecule has 0 aliphatic heterocycles. The topological polar surface area (TPSA) is 12.0 Å². The van der Waals surface area contributed by atoms with Gasteiger partial charge in [-0.2, -0.15) is 0 Å². The summed E-state index contributed by atoms with van der Waals surface area (Å²) in [6.45, 7) is 4.66. The van der Waals surface area contributed by atoms with Crippen molar-refractivity contribution in [2.24, 2.45) is 11.8 Å². The van der Waals surface area contributed by atoms with Crippen molar-refractivity contribution in [2.75, 3.05) is 7.05 Å². The van der Waals surface area contributed by atoms with Crippen molar-refractivity contribution in [1.82, 2.24) is 5.32 Å². The molecule has 1 fully saturated rings. The van der Waals surface area contributed by atoms with Crippen molar-refractivity contribution in [3.8, 4) is 0 Å². The molecule has 0 saturated heterocycles. The van der Waals surface area contributed by atoms with E-state index in [0.717, 1.165) is 11.8 Å². The quantitative estimate of drug-likeness (QED) is 0.660. The Hall–Kier alpha value is -0.0400. The minimum Gasteiger partial charge on any atom is -0.317 e. The van der Waals surface area contributed by atoms with Crippen molar-refractivity contribution in [3.63, 3.8) is 0 Å². The smallest absolute Gasteiger partial charge is 0.00383 e. The molecule has 0 spiro atoms. The fourth-order valence-corrected chi connectivity index (χ4v) is 2.16. The first-order chi connectivity index (χ1) is 5.22. The molecule has 0 heterocycles. The highest BCUT2D eigenvalue weighted by Crippen LogP contribution is 2.33. The standard InChI is InChI=1S/C10H21N/c1-8-4-5-10(6-8)7-9(2)11-3/h8-11H,4-7H2,1-3H3/t8-,9?,10-/m1/s1. The van der Waals surface area contributed by atoms with Gasteiger partial charge in [0.15, 0.2) is 0 Å². The van der Waals surface area contributed by atoms with Crippen LogP contribution in [0.15, 0.2) is 0 Å². The molecule has 0 aromatic carbocycles. The molecule has 1 saturated carbocycles. The van der Waals surface area contributed by atoms with Gasteiger partial charge in [-0.15, -0.1) is 0 Å². The monoisotopic (exact) mass is 155 g/mol. The van der Waals surface area contributed by atoms with Gasteiger partial charge in [-0.3, -0.25) is 0 Å². The van der Waals surface area contributed by atoms with Crippen LogP contribution >= 0.6 is 0 Å². The molecule has 1 aliphatic rings. The average Bonchev–Trinajstić information content (AvgIpc) is 2.35. The van der Waals surface area contributed by atoms with Crippen LogP contribution in [0.3, 0.4) is 0 Å². The molecule has 3 atom stereocenters. The Kier molecular flexibility index (Phi) is 3.38. The van der Waals surface area contributed by atoms with Crippen LogP contribution in [0.25, 0.3) is 0 Å². The summed E-state index contributed by atoms with van der Waals surface area (Å²) in [5.74, 6) is 2.00. The van der Waals surface area contributed by atoms with Crippen LogP contribution in [0.2, 0.25) is 0 Å². The van der Waals surface area contributed by atoms with Gasteiger partial charge in [0.05, 0.1) is 0 Å². The third-order valence-corrected chi connectivity index (χ3v) is 2.98. The normalized spacial score (nSPS) is 34.1. The Labute approximate surface area is 70.6 Å². The summed E-state index contributed by atoms with van der Waals surface area (Å²) < 4.78 is 0. The molecule has 0 aromatic heterocycles. The molecular weight excluding hydrogens is 134 g/mol. The lowest BCUT2D eigenvalue weighted by Crippen LogP contribution is -2.23. The molecule has 1 heteroatoms. The van der Waals surface area contributed by atoms with Crippen LogP contribution in [0, 0.1) is 11.8 Å². The largest absolute Gasteiger partial charge is 0.317 e. The van der Waals surface area contributed by atoms with E-state index in [2.05, 4.69) is 26.2 Å². The minimum atomic E-state index is 0.713. The number of nitrogens with one attached hydrogen (secondary N) is 1. The van der Waals surface area contributed by atoms with E-state index in [1.165, 1.54) is 25.7 Å². The predicted octanol–water partition coefficient (Wildman–Crippen LogP) is 2.42.